The van der Waals surface area contributed by atoms with Crippen LogP contribution in [0.5, 0.6) is 5.88 Å². The zero-order valence-electron chi connectivity index (χ0n) is 13.5. The third-order valence-electron chi connectivity index (χ3n) is 3.73. The molecule has 0 spiro atoms. The van der Waals surface area contributed by atoms with Gasteiger partial charge in [0, 0.05) is 18.3 Å². The van der Waals surface area contributed by atoms with E-state index >= 15 is 0 Å². The van der Waals surface area contributed by atoms with Crippen molar-refractivity contribution in [3.63, 3.8) is 0 Å². The maximum Gasteiger partial charge on any atom is 0.329 e. The number of para-hydroxylation sites is 1. The van der Waals surface area contributed by atoms with Crippen LogP contribution in [-0.2, 0) is 17.9 Å². The Bertz CT molecular complexity index is 1040. The van der Waals surface area contributed by atoms with E-state index in [1.807, 2.05) is 0 Å². The SMILES string of the molecule is COc1ncccc1CNC(=O)Cn1c(=O)[nH]c(=O)c2ccccc21. The minimum atomic E-state index is -0.627. The molecule has 0 aliphatic rings. The first-order chi connectivity index (χ1) is 12.1. The van der Waals surface area contributed by atoms with E-state index in [2.05, 4.69) is 15.3 Å². The van der Waals surface area contributed by atoms with Crippen LogP contribution in [0, 0.1) is 0 Å². The van der Waals surface area contributed by atoms with Gasteiger partial charge in [-0.2, -0.15) is 0 Å². The van der Waals surface area contributed by atoms with Crippen molar-refractivity contribution in [1.29, 1.82) is 0 Å². The minimum absolute atomic E-state index is 0.210. The van der Waals surface area contributed by atoms with Gasteiger partial charge in [-0.3, -0.25) is 19.1 Å². The monoisotopic (exact) mass is 340 g/mol. The van der Waals surface area contributed by atoms with E-state index < -0.39 is 11.2 Å². The highest BCUT2D eigenvalue weighted by Crippen LogP contribution is 2.13. The Morgan fingerprint density at radius 2 is 2.04 bits per heavy atom. The highest BCUT2D eigenvalue weighted by Gasteiger charge is 2.11. The summed E-state index contributed by atoms with van der Waals surface area (Å²) in [6.45, 7) is 0.00455. The molecular formula is C17H16N4O4. The van der Waals surface area contributed by atoms with E-state index in [4.69, 9.17) is 4.74 Å². The Hall–Kier alpha value is -3.42. The number of nitrogens with one attached hydrogen (secondary N) is 2. The molecule has 8 nitrogen and oxygen atoms in total. The van der Waals surface area contributed by atoms with Crippen molar-refractivity contribution in [2.45, 2.75) is 13.1 Å². The molecule has 0 bridgehead atoms. The number of carbonyl (C=O) groups is 1. The molecule has 0 saturated heterocycles. The lowest BCUT2D eigenvalue weighted by Gasteiger charge is -2.11. The number of carbonyl (C=O) groups excluding carboxylic acids is 1. The summed E-state index contributed by atoms with van der Waals surface area (Å²) in [6, 6.07) is 10.2. The Morgan fingerprint density at radius 1 is 1.24 bits per heavy atom. The van der Waals surface area contributed by atoms with Crippen LogP contribution in [-0.4, -0.2) is 27.6 Å². The molecule has 2 heterocycles. The number of fused-ring (bicyclic) bond motifs is 1. The Balaban J connectivity index is 1.81. The zero-order chi connectivity index (χ0) is 17.8. The first-order valence-electron chi connectivity index (χ1n) is 7.56. The summed E-state index contributed by atoms with van der Waals surface area (Å²) < 4.78 is 6.36. The molecule has 0 unspecified atom stereocenters. The van der Waals surface area contributed by atoms with Gasteiger partial charge in [-0.15, -0.1) is 0 Å². The predicted octanol–water partition coefficient (Wildman–Crippen LogP) is 0.410. The highest BCUT2D eigenvalue weighted by atomic mass is 16.5. The lowest BCUT2D eigenvalue weighted by molar-refractivity contribution is -0.121. The van der Waals surface area contributed by atoms with Crippen molar-refractivity contribution >= 4 is 16.8 Å². The van der Waals surface area contributed by atoms with Crippen LogP contribution >= 0.6 is 0 Å². The molecule has 25 heavy (non-hydrogen) atoms. The topological polar surface area (TPSA) is 106 Å². The number of amides is 1. The van der Waals surface area contributed by atoms with Gasteiger partial charge in [0.1, 0.15) is 6.54 Å². The van der Waals surface area contributed by atoms with Gasteiger partial charge in [0.15, 0.2) is 0 Å². The molecule has 1 amide bonds. The fraction of sp³-hybridized carbons (Fsp3) is 0.176. The molecule has 0 saturated carbocycles. The number of methoxy groups -OCH3 is 1. The van der Waals surface area contributed by atoms with Crippen molar-refractivity contribution in [3.05, 3.63) is 69.0 Å². The molecule has 3 rings (SSSR count). The second kappa shape index (κ2) is 7.00. The number of nitrogens with zero attached hydrogens (tertiary/aromatic N) is 2. The first kappa shape index (κ1) is 16.4. The van der Waals surface area contributed by atoms with E-state index in [1.54, 1.807) is 42.6 Å². The van der Waals surface area contributed by atoms with Gasteiger partial charge >= 0.3 is 5.69 Å². The fourth-order valence-electron chi connectivity index (χ4n) is 2.54. The minimum Gasteiger partial charge on any atom is -0.481 e. The average Bonchev–Trinajstić information content (AvgIpc) is 2.63. The molecule has 0 fully saturated rings. The first-order valence-corrected chi connectivity index (χ1v) is 7.56. The average molecular weight is 340 g/mol. The maximum atomic E-state index is 12.2. The Kier molecular flexibility index (Phi) is 4.60. The lowest BCUT2D eigenvalue weighted by atomic mass is 10.2. The molecule has 128 valence electrons. The number of hydrogen-bond acceptors (Lipinski definition) is 5. The van der Waals surface area contributed by atoms with Crippen LogP contribution in [0.3, 0.4) is 0 Å². The largest absolute Gasteiger partial charge is 0.481 e. The van der Waals surface area contributed by atoms with Crippen molar-refractivity contribution in [2.24, 2.45) is 0 Å². The van der Waals surface area contributed by atoms with Gasteiger partial charge in [-0.25, -0.2) is 9.78 Å². The third-order valence-corrected chi connectivity index (χ3v) is 3.73. The summed E-state index contributed by atoms with van der Waals surface area (Å²) in [4.78, 5) is 42.4. The van der Waals surface area contributed by atoms with Crippen LogP contribution < -0.4 is 21.3 Å². The quantitative estimate of drug-likeness (QED) is 0.700. The van der Waals surface area contributed by atoms with Crippen molar-refractivity contribution in [2.75, 3.05) is 7.11 Å². The molecule has 1 aromatic carbocycles. The van der Waals surface area contributed by atoms with Crippen LogP contribution in [0.15, 0.2) is 52.2 Å². The second-order valence-electron chi connectivity index (χ2n) is 5.31. The van der Waals surface area contributed by atoms with Crippen LogP contribution in [0.25, 0.3) is 10.9 Å². The molecule has 0 aliphatic carbocycles. The third kappa shape index (κ3) is 3.42. The molecule has 0 aliphatic heterocycles. The molecule has 8 heteroatoms. The van der Waals surface area contributed by atoms with Gasteiger partial charge in [0.05, 0.1) is 18.0 Å². The lowest BCUT2D eigenvalue weighted by Crippen LogP contribution is -2.36. The molecule has 0 atom stereocenters. The van der Waals surface area contributed by atoms with E-state index in [1.165, 1.54) is 11.7 Å². The Morgan fingerprint density at radius 3 is 2.84 bits per heavy atom. The molecule has 0 radical (unpaired) electrons. The van der Waals surface area contributed by atoms with Gasteiger partial charge < -0.3 is 10.1 Å². The molecule has 2 N–H and O–H groups in total. The van der Waals surface area contributed by atoms with Gasteiger partial charge in [-0.05, 0) is 18.2 Å². The normalized spacial score (nSPS) is 10.6. The zero-order valence-corrected chi connectivity index (χ0v) is 13.5. The summed E-state index contributed by atoms with van der Waals surface area (Å²) >= 11 is 0. The highest BCUT2D eigenvalue weighted by molar-refractivity contribution is 5.81. The standard InChI is InChI=1S/C17H16N4O4/c1-25-16-11(5-4-8-18-16)9-19-14(22)10-21-13-7-3-2-6-12(13)15(23)20-17(21)24/h2-8H,9-10H2,1H3,(H,19,22)(H,20,23,24). The summed E-state index contributed by atoms with van der Waals surface area (Å²) in [5.74, 6) is 0.0552. The van der Waals surface area contributed by atoms with E-state index in [-0.39, 0.29) is 19.0 Å². The summed E-state index contributed by atoms with van der Waals surface area (Å²) in [5.41, 5.74) is 0.0255. The van der Waals surface area contributed by atoms with Crippen LogP contribution in [0.1, 0.15) is 5.56 Å². The van der Waals surface area contributed by atoms with E-state index in [0.29, 0.717) is 16.8 Å². The summed E-state index contributed by atoms with van der Waals surface area (Å²) in [7, 11) is 1.50. The van der Waals surface area contributed by atoms with Crippen molar-refractivity contribution in [1.82, 2.24) is 19.9 Å². The summed E-state index contributed by atoms with van der Waals surface area (Å²) in [5, 5.41) is 3.07. The van der Waals surface area contributed by atoms with Crippen molar-refractivity contribution in [3.8, 4) is 5.88 Å². The number of aromatic amines is 1. The number of pyridine rings is 1. The number of ether oxygens (including phenoxy) is 1. The number of benzene rings is 1. The maximum absolute atomic E-state index is 12.2. The predicted molar refractivity (Wildman–Crippen MR) is 91.5 cm³/mol. The number of H-pyrrole nitrogens is 1. The van der Waals surface area contributed by atoms with Crippen LogP contribution in [0.4, 0.5) is 0 Å². The molecule has 2 aromatic heterocycles. The van der Waals surface area contributed by atoms with E-state index in [0.717, 1.165) is 5.56 Å². The fourth-order valence-corrected chi connectivity index (χ4v) is 2.54. The van der Waals surface area contributed by atoms with Crippen LogP contribution in [0.2, 0.25) is 0 Å². The van der Waals surface area contributed by atoms with Gasteiger partial charge in [0.2, 0.25) is 11.8 Å². The second-order valence-corrected chi connectivity index (χ2v) is 5.31. The number of hydrogen-bond donors (Lipinski definition) is 2. The summed E-state index contributed by atoms with van der Waals surface area (Å²) in [6.07, 6.45) is 1.59. The Labute approximate surface area is 142 Å². The molecular weight excluding hydrogens is 324 g/mol. The van der Waals surface area contributed by atoms with E-state index in [9.17, 15) is 14.4 Å². The molecule has 3 aromatic rings. The number of aromatic nitrogens is 3. The smallest absolute Gasteiger partial charge is 0.329 e. The van der Waals surface area contributed by atoms with Gasteiger partial charge in [-0.1, -0.05) is 18.2 Å². The van der Waals surface area contributed by atoms with Crippen molar-refractivity contribution < 1.29 is 9.53 Å². The van der Waals surface area contributed by atoms with Gasteiger partial charge in [0.25, 0.3) is 5.56 Å². The number of rotatable bonds is 5.